The fraction of sp³-hybridized carbons (Fsp3) is 0.478. The molecule has 3 atom stereocenters. The predicted molar refractivity (Wildman–Crippen MR) is 121 cm³/mol. The maximum atomic E-state index is 13.3. The molecule has 33 heavy (non-hydrogen) atoms. The number of nitrogens with one attached hydrogen (secondary N) is 1. The summed E-state index contributed by atoms with van der Waals surface area (Å²) < 4.78 is 10.3. The molecule has 1 aromatic rings. The smallest absolute Gasteiger partial charge is 0.328 e. The Kier molecular flexibility index (Phi) is 7.73. The molecule has 0 radical (unpaired) electrons. The zero-order chi connectivity index (χ0) is 25.1. The minimum absolute atomic E-state index is 0.118. The number of aliphatic imine (C=N–C) groups is 1. The summed E-state index contributed by atoms with van der Waals surface area (Å²) in [6, 6.07) is 4.74. The molecular weight excluding hydrogens is 430 g/mol. The van der Waals surface area contributed by atoms with E-state index in [1.165, 1.54) is 32.2 Å². The number of allylic oxidation sites excluding steroid dienone is 1. The number of carbonyl (C=O) groups is 3. The lowest BCUT2D eigenvalue weighted by atomic mass is 9.75. The third-order valence-corrected chi connectivity index (χ3v) is 5.08. The van der Waals surface area contributed by atoms with Crippen molar-refractivity contribution in [1.82, 2.24) is 5.32 Å². The van der Waals surface area contributed by atoms with Crippen LogP contribution in [-0.4, -0.2) is 47.2 Å². The van der Waals surface area contributed by atoms with E-state index in [0.717, 1.165) is 0 Å². The van der Waals surface area contributed by atoms with Gasteiger partial charge in [-0.25, -0.2) is 4.79 Å². The van der Waals surface area contributed by atoms with Crippen LogP contribution in [0.1, 0.15) is 53.0 Å². The second-order valence-corrected chi connectivity index (χ2v) is 8.81. The average Bonchev–Trinajstić information content (AvgIpc) is 2.71. The van der Waals surface area contributed by atoms with Crippen molar-refractivity contribution >= 4 is 29.2 Å². The van der Waals surface area contributed by atoms with Crippen molar-refractivity contribution in [3.8, 4) is 0 Å². The van der Waals surface area contributed by atoms with Gasteiger partial charge >= 0.3 is 11.9 Å². The molecular formula is C23H29N3O7. The molecule has 0 spiro atoms. The van der Waals surface area contributed by atoms with Crippen LogP contribution < -0.4 is 5.32 Å². The van der Waals surface area contributed by atoms with E-state index in [0.29, 0.717) is 17.0 Å². The van der Waals surface area contributed by atoms with E-state index in [2.05, 4.69) is 10.3 Å². The van der Waals surface area contributed by atoms with Crippen LogP contribution in [0.3, 0.4) is 0 Å². The second-order valence-electron chi connectivity index (χ2n) is 8.81. The number of ether oxygens (including phenoxy) is 2. The number of hydrogen-bond acceptors (Lipinski definition) is 8. The van der Waals surface area contributed by atoms with Gasteiger partial charge in [-0.15, -0.1) is 0 Å². The molecule has 178 valence electrons. The number of hydrogen-bond donors (Lipinski definition) is 1. The van der Waals surface area contributed by atoms with Gasteiger partial charge in [0.1, 0.15) is 17.6 Å². The molecule has 1 aliphatic rings. The summed E-state index contributed by atoms with van der Waals surface area (Å²) in [6.45, 7) is 9.86. The molecule has 1 aliphatic heterocycles. The van der Waals surface area contributed by atoms with E-state index >= 15 is 0 Å². The van der Waals surface area contributed by atoms with Gasteiger partial charge in [-0.3, -0.25) is 24.7 Å². The van der Waals surface area contributed by atoms with Crippen molar-refractivity contribution in [3.63, 3.8) is 0 Å². The molecule has 0 saturated heterocycles. The van der Waals surface area contributed by atoms with Crippen LogP contribution in [0, 0.1) is 16.0 Å². The summed E-state index contributed by atoms with van der Waals surface area (Å²) in [5.41, 5.74) is 0.315. The number of carbonyl (C=O) groups excluding carboxylic acids is 3. The molecule has 1 aromatic carbocycles. The molecule has 1 unspecified atom stereocenters. The minimum atomic E-state index is -0.980. The zero-order valence-electron chi connectivity index (χ0n) is 19.8. The molecule has 10 heteroatoms. The molecule has 1 amide bonds. The van der Waals surface area contributed by atoms with Crippen LogP contribution in [0.5, 0.6) is 0 Å². The van der Waals surface area contributed by atoms with Gasteiger partial charge in [-0.05, 0) is 47.1 Å². The van der Waals surface area contributed by atoms with Gasteiger partial charge in [-0.1, -0.05) is 12.1 Å². The largest absolute Gasteiger partial charge is 0.468 e. The molecule has 10 nitrogen and oxygen atoms in total. The first-order valence-corrected chi connectivity index (χ1v) is 10.4. The molecule has 1 N–H and O–H groups in total. The Hall–Kier alpha value is -3.56. The van der Waals surface area contributed by atoms with Gasteiger partial charge in [0.15, 0.2) is 0 Å². The highest BCUT2D eigenvalue weighted by Crippen LogP contribution is 2.40. The average molecular weight is 459 g/mol. The van der Waals surface area contributed by atoms with E-state index in [9.17, 15) is 24.5 Å². The SMILES string of the molecule is COC(=O)C1C(C)=NC(C)=C(C(=O)N[C@@H](C)C(=O)OC(C)(C)C)[C@@H]1c1cccc([N+](=O)[O-])c1. The van der Waals surface area contributed by atoms with E-state index in [1.54, 1.807) is 40.7 Å². The lowest BCUT2D eigenvalue weighted by Crippen LogP contribution is -2.45. The van der Waals surface area contributed by atoms with Crippen LogP contribution in [0.4, 0.5) is 5.69 Å². The van der Waals surface area contributed by atoms with Gasteiger partial charge in [0, 0.05) is 35.0 Å². The van der Waals surface area contributed by atoms with Crippen LogP contribution in [0.25, 0.3) is 0 Å². The molecule has 0 saturated carbocycles. The van der Waals surface area contributed by atoms with E-state index in [1.807, 2.05) is 0 Å². The first kappa shape index (κ1) is 25.7. The standard InChI is InChI=1S/C23H29N3O7/c1-12-17(20(27)25-14(3)21(28)33-23(4,5)6)19(18(13(2)24-12)22(29)32-7)15-9-8-10-16(11-15)26(30)31/h8-11,14,18-19H,1-7H3,(H,25,27)/t14-,18?,19-/m0/s1. The Morgan fingerprint density at radius 1 is 1.21 bits per heavy atom. The normalized spacial score (nSPS) is 19.3. The number of benzene rings is 1. The van der Waals surface area contributed by atoms with Crippen molar-refractivity contribution in [2.75, 3.05) is 7.11 Å². The number of nitro groups is 1. The highest BCUT2D eigenvalue weighted by Gasteiger charge is 2.42. The third-order valence-electron chi connectivity index (χ3n) is 5.08. The van der Waals surface area contributed by atoms with Gasteiger partial charge in [0.2, 0.25) is 5.91 Å². The first-order valence-electron chi connectivity index (χ1n) is 10.4. The topological polar surface area (TPSA) is 137 Å². The van der Waals surface area contributed by atoms with Crippen molar-refractivity contribution in [2.45, 2.75) is 59.1 Å². The summed E-state index contributed by atoms with van der Waals surface area (Å²) in [5, 5.41) is 13.9. The fourth-order valence-electron chi connectivity index (χ4n) is 3.68. The van der Waals surface area contributed by atoms with Crippen LogP contribution >= 0.6 is 0 Å². The van der Waals surface area contributed by atoms with Crippen molar-refractivity contribution in [1.29, 1.82) is 0 Å². The molecule has 1 heterocycles. The summed E-state index contributed by atoms with van der Waals surface area (Å²) in [6.07, 6.45) is 0. The maximum Gasteiger partial charge on any atom is 0.328 e. The lowest BCUT2D eigenvalue weighted by Gasteiger charge is -2.32. The quantitative estimate of drug-likeness (QED) is 0.392. The van der Waals surface area contributed by atoms with Crippen molar-refractivity contribution in [3.05, 3.63) is 51.2 Å². The van der Waals surface area contributed by atoms with Crippen LogP contribution in [0.2, 0.25) is 0 Å². The Labute approximate surface area is 192 Å². The van der Waals surface area contributed by atoms with Crippen molar-refractivity contribution in [2.24, 2.45) is 10.9 Å². The van der Waals surface area contributed by atoms with Crippen molar-refractivity contribution < 1.29 is 28.8 Å². The first-order chi connectivity index (χ1) is 15.3. The molecule has 2 rings (SSSR count). The number of nitrogens with zero attached hydrogens (tertiary/aromatic N) is 2. The maximum absolute atomic E-state index is 13.3. The zero-order valence-corrected chi connectivity index (χ0v) is 19.8. The van der Waals surface area contributed by atoms with Crippen LogP contribution in [-0.2, 0) is 23.9 Å². The van der Waals surface area contributed by atoms with E-state index in [-0.39, 0.29) is 11.3 Å². The summed E-state index contributed by atoms with van der Waals surface area (Å²) in [5.74, 6) is -3.77. The molecule has 0 bridgehead atoms. The minimum Gasteiger partial charge on any atom is -0.468 e. The fourth-order valence-corrected chi connectivity index (χ4v) is 3.68. The number of esters is 2. The predicted octanol–water partition coefficient (Wildman–Crippen LogP) is 3.06. The summed E-state index contributed by atoms with van der Waals surface area (Å²) >= 11 is 0. The van der Waals surface area contributed by atoms with Gasteiger partial charge in [0.25, 0.3) is 5.69 Å². The van der Waals surface area contributed by atoms with Crippen LogP contribution in [0.15, 0.2) is 40.5 Å². The summed E-state index contributed by atoms with van der Waals surface area (Å²) in [4.78, 5) is 53.5. The molecule has 0 aliphatic carbocycles. The highest BCUT2D eigenvalue weighted by atomic mass is 16.6. The van der Waals surface area contributed by atoms with E-state index in [4.69, 9.17) is 9.47 Å². The number of rotatable bonds is 6. The number of methoxy groups -OCH3 is 1. The number of nitro benzene ring substituents is 1. The third kappa shape index (κ3) is 6.03. The number of non-ortho nitro benzene ring substituents is 1. The Bertz CT molecular complexity index is 1040. The van der Waals surface area contributed by atoms with E-state index < -0.39 is 46.2 Å². The Morgan fingerprint density at radius 3 is 2.39 bits per heavy atom. The number of amides is 1. The van der Waals surface area contributed by atoms with Gasteiger partial charge in [0.05, 0.1) is 12.0 Å². The lowest BCUT2D eigenvalue weighted by molar-refractivity contribution is -0.384. The Morgan fingerprint density at radius 2 is 1.85 bits per heavy atom. The molecule has 0 aromatic heterocycles. The highest BCUT2D eigenvalue weighted by molar-refractivity contribution is 6.08. The second kappa shape index (κ2) is 9.93. The summed E-state index contributed by atoms with van der Waals surface area (Å²) in [7, 11) is 1.22. The van der Waals surface area contributed by atoms with Gasteiger partial charge in [-0.2, -0.15) is 0 Å². The molecule has 0 fully saturated rings. The van der Waals surface area contributed by atoms with Gasteiger partial charge < -0.3 is 14.8 Å². The Balaban J connectivity index is 2.54. The monoisotopic (exact) mass is 459 g/mol.